The molecule has 0 radical (unpaired) electrons. The van der Waals surface area contributed by atoms with Gasteiger partial charge in [0.25, 0.3) is 0 Å². The van der Waals surface area contributed by atoms with Crippen molar-refractivity contribution in [3.8, 4) is 11.5 Å². The molecule has 0 amide bonds. The number of ether oxygens (including phenoxy) is 2. The molecule has 1 aromatic rings. The van der Waals surface area contributed by atoms with E-state index < -0.39 is 5.97 Å². The van der Waals surface area contributed by atoms with Crippen LogP contribution in [0.15, 0.2) is 18.2 Å². The fourth-order valence-corrected chi connectivity index (χ4v) is 4.24. The van der Waals surface area contributed by atoms with Crippen molar-refractivity contribution in [1.29, 1.82) is 0 Å². The van der Waals surface area contributed by atoms with Crippen molar-refractivity contribution in [2.45, 2.75) is 36.9 Å². The van der Waals surface area contributed by atoms with Crippen LogP contribution in [0.4, 0.5) is 0 Å². The summed E-state index contributed by atoms with van der Waals surface area (Å²) in [6.07, 6.45) is 4.47. The summed E-state index contributed by atoms with van der Waals surface area (Å²) < 4.78 is 10.9. The first-order valence-electron chi connectivity index (χ1n) is 7.21. The number of aliphatic carboxylic acids is 1. The van der Waals surface area contributed by atoms with Gasteiger partial charge >= 0.3 is 5.97 Å². The zero-order valence-electron chi connectivity index (χ0n) is 12.5. The first-order chi connectivity index (χ1) is 10.2. The van der Waals surface area contributed by atoms with Crippen molar-refractivity contribution in [1.82, 2.24) is 0 Å². The molecule has 0 aliphatic heterocycles. The van der Waals surface area contributed by atoms with E-state index >= 15 is 0 Å². The van der Waals surface area contributed by atoms with E-state index in [9.17, 15) is 4.79 Å². The topological polar surface area (TPSA) is 55.8 Å². The lowest BCUT2D eigenvalue weighted by molar-refractivity contribution is -0.133. The lowest BCUT2D eigenvalue weighted by Crippen LogP contribution is -2.22. The third-order valence-corrected chi connectivity index (χ3v) is 5.36. The van der Waals surface area contributed by atoms with Crippen LogP contribution in [-0.4, -0.2) is 36.3 Å². The number of carboxylic acids is 1. The van der Waals surface area contributed by atoms with Crippen LogP contribution >= 0.6 is 11.8 Å². The maximum absolute atomic E-state index is 10.8. The summed E-state index contributed by atoms with van der Waals surface area (Å²) in [5, 5.41) is 9.25. The lowest BCUT2D eigenvalue weighted by Gasteiger charge is -2.32. The second kappa shape index (κ2) is 7.59. The quantitative estimate of drug-likeness (QED) is 0.871. The van der Waals surface area contributed by atoms with Gasteiger partial charge in [-0.1, -0.05) is 25.0 Å². The average molecular weight is 310 g/mol. The number of hydrogen-bond donors (Lipinski definition) is 1. The number of para-hydroxylation sites is 1. The highest BCUT2D eigenvalue weighted by molar-refractivity contribution is 8.00. The first-order valence-corrected chi connectivity index (χ1v) is 8.26. The van der Waals surface area contributed by atoms with Crippen molar-refractivity contribution in [2.24, 2.45) is 0 Å². The molecule has 2 atom stereocenters. The molecule has 0 heterocycles. The third-order valence-electron chi connectivity index (χ3n) is 3.96. The molecular weight excluding hydrogens is 288 g/mol. The fourth-order valence-electron chi connectivity index (χ4n) is 3.03. The molecule has 21 heavy (non-hydrogen) atoms. The highest BCUT2D eigenvalue weighted by Gasteiger charge is 2.30. The highest BCUT2D eigenvalue weighted by atomic mass is 32.2. The maximum Gasteiger partial charge on any atom is 0.313 e. The Kier molecular flexibility index (Phi) is 5.79. The second-order valence-electron chi connectivity index (χ2n) is 5.22. The van der Waals surface area contributed by atoms with E-state index in [-0.39, 0.29) is 5.75 Å². The maximum atomic E-state index is 10.8. The molecule has 116 valence electrons. The molecule has 1 saturated carbocycles. The number of carbonyl (C=O) groups is 1. The van der Waals surface area contributed by atoms with Gasteiger partial charge in [0.1, 0.15) is 0 Å². The second-order valence-corrected chi connectivity index (χ2v) is 6.44. The Hall–Kier alpha value is -1.36. The average Bonchev–Trinajstić information content (AvgIpc) is 2.52. The Bertz CT molecular complexity index is 489. The van der Waals surface area contributed by atoms with Crippen molar-refractivity contribution in [3.63, 3.8) is 0 Å². The van der Waals surface area contributed by atoms with Crippen LogP contribution in [-0.2, 0) is 4.79 Å². The van der Waals surface area contributed by atoms with E-state index in [2.05, 4.69) is 6.07 Å². The van der Waals surface area contributed by atoms with Gasteiger partial charge in [0.2, 0.25) is 0 Å². The van der Waals surface area contributed by atoms with Gasteiger partial charge in [-0.25, -0.2) is 0 Å². The van der Waals surface area contributed by atoms with Crippen molar-refractivity contribution >= 4 is 17.7 Å². The van der Waals surface area contributed by atoms with Crippen LogP contribution in [0.2, 0.25) is 0 Å². The molecule has 0 aromatic heterocycles. The molecule has 1 aromatic carbocycles. The molecule has 4 nitrogen and oxygen atoms in total. The molecule has 0 saturated heterocycles. The Labute approximate surface area is 129 Å². The SMILES string of the molecule is COc1cccc([C@H]2CCCC[C@@H]2SCC(=O)O)c1OC. The van der Waals surface area contributed by atoms with E-state index in [4.69, 9.17) is 14.6 Å². The van der Waals surface area contributed by atoms with Gasteiger partial charge in [-0.05, 0) is 24.8 Å². The summed E-state index contributed by atoms with van der Waals surface area (Å²) >= 11 is 1.55. The van der Waals surface area contributed by atoms with Gasteiger partial charge in [0.15, 0.2) is 11.5 Å². The van der Waals surface area contributed by atoms with E-state index in [1.807, 2.05) is 12.1 Å². The molecule has 1 aliphatic rings. The van der Waals surface area contributed by atoms with Gasteiger partial charge in [0, 0.05) is 10.8 Å². The molecule has 1 fully saturated rings. The van der Waals surface area contributed by atoms with Crippen molar-refractivity contribution < 1.29 is 19.4 Å². The van der Waals surface area contributed by atoms with E-state index in [1.54, 1.807) is 26.0 Å². The van der Waals surface area contributed by atoms with E-state index in [0.717, 1.165) is 29.9 Å². The molecule has 0 bridgehead atoms. The fraction of sp³-hybridized carbons (Fsp3) is 0.562. The minimum atomic E-state index is -0.748. The molecule has 0 unspecified atom stereocenters. The standard InChI is InChI=1S/C16H22O4S/c1-19-13-8-5-7-12(16(13)20-2)11-6-3-4-9-14(11)21-10-15(17)18/h5,7-8,11,14H,3-4,6,9-10H2,1-2H3,(H,17,18)/t11-,14+/m1/s1. The molecule has 0 spiro atoms. The van der Waals surface area contributed by atoms with Gasteiger partial charge in [0.05, 0.1) is 20.0 Å². The third kappa shape index (κ3) is 3.84. The predicted octanol–water partition coefficient (Wildman–Crippen LogP) is 3.55. The number of rotatable bonds is 6. The van der Waals surface area contributed by atoms with Crippen LogP contribution in [0.1, 0.15) is 37.2 Å². The van der Waals surface area contributed by atoms with Crippen molar-refractivity contribution in [2.75, 3.05) is 20.0 Å². The molecule has 5 heteroatoms. The minimum absolute atomic E-state index is 0.160. The molecule has 1 aliphatic carbocycles. The zero-order valence-corrected chi connectivity index (χ0v) is 13.3. The van der Waals surface area contributed by atoms with Crippen LogP contribution in [0.5, 0.6) is 11.5 Å². The Morgan fingerprint density at radius 3 is 2.71 bits per heavy atom. The molecular formula is C16H22O4S. The zero-order chi connectivity index (χ0) is 15.2. The van der Waals surface area contributed by atoms with E-state index in [1.165, 1.54) is 12.8 Å². The van der Waals surface area contributed by atoms with E-state index in [0.29, 0.717) is 11.2 Å². The molecule has 2 rings (SSSR count). The van der Waals surface area contributed by atoms with Gasteiger partial charge < -0.3 is 14.6 Å². The summed E-state index contributed by atoms with van der Waals surface area (Å²) in [6.45, 7) is 0. The van der Waals surface area contributed by atoms with Crippen LogP contribution < -0.4 is 9.47 Å². The normalized spacial score (nSPS) is 21.8. The monoisotopic (exact) mass is 310 g/mol. The number of hydrogen-bond acceptors (Lipinski definition) is 4. The van der Waals surface area contributed by atoms with Crippen LogP contribution in [0.3, 0.4) is 0 Å². The summed E-state index contributed by atoms with van der Waals surface area (Å²) in [5.41, 5.74) is 1.14. The van der Waals surface area contributed by atoms with Crippen molar-refractivity contribution in [3.05, 3.63) is 23.8 Å². The van der Waals surface area contributed by atoms with Crippen LogP contribution in [0.25, 0.3) is 0 Å². The highest BCUT2D eigenvalue weighted by Crippen LogP contribution is 2.45. The summed E-state index contributed by atoms with van der Waals surface area (Å²) in [6, 6.07) is 5.94. The first kappa shape index (κ1) is 16.0. The number of carboxylic acid groups (broad SMARTS) is 1. The smallest absolute Gasteiger partial charge is 0.313 e. The summed E-state index contributed by atoms with van der Waals surface area (Å²) in [7, 11) is 3.29. The number of thioether (sulfide) groups is 1. The van der Waals surface area contributed by atoms with Gasteiger partial charge in [-0.3, -0.25) is 4.79 Å². The summed E-state index contributed by atoms with van der Waals surface area (Å²) in [5.74, 6) is 1.26. The minimum Gasteiger partial charge on any atom is -0.493 e. The van der Waals surface area contributed by atoms with Gasteiger partial charge in [-0.15, -0.1) is 11.8 Å². The van der Waals surface area contributed by atoms with Crippen LogP contribution in [0, 0.1) is 0 Å². The lowest BCUT2D eigenvalue weighted by atomic mass is 9.83. The Balaban J connectivity index is 2.26. The Morgan fingerprint density at radius 2 is 2.05 bits per heavy atom. The van der Waals surface area contributed by atoms with Gasteiger partial charge in [-0.2, -0.15) is 0 Å². The Morgan fingerprint density at radius 1 is 1.29 bits per heavy atom. The number of benzene rings is 1. The molecule has 1 N–H and O–H groups in total. The largest absolute Gasteiger partial charge is 0.493 e. The predicted molar refractivity (Wildman–Crippen MR) is 84.6 cm³/mol. The number of methoxy groups -OCH3 is 2. The summed E-state index contributed by atoms with van der Waals surface area (Å²) in [4.78, 5) is 10.8.